The van der Waals surface area contributed by atoms with Gasteiger partial charge in [-0.1, -0.05) is 12.1 Å². The number of anilines is 1. The first-order valence-corrected chi connectivity index (χ1v) is 10.9. The first kappa shape index (κ1) is 23.4. The quantitative estimate of drug-likeness (QED) is 0.396. The number of benzene rings is 2. The minimum atomic E-state index is -1.21. The highest BCUT2D eigenvalue weighted by Gasteiger charge is 2.48. The Balaban J connectivity index is 2.03. The molecule has 0 fully saturated rings. The molecule has 1 amide bonds. The highest BCUT2D eigenvalue weighted by Crippen LogP contribution is 2.45. The zero-order valence-electron chi connectivity index (χ0n) is 19.5. The van der Waals surface area contributed by atoms with Crippen LogP contribution in [0.2, 0.25) is 0 Å². The van der Waals surface area contributed by atoms with Crippen molar-refractivity contribution in [3.63, 3.8) is 0 Å². The van der Waals surface area contributed by atoms with Crippen molar-refractivity contribution < 1.29 is 33.6 Å². The average molecular weight is 469 g/mol. The second-order valence-corrected chi connectivity index (χ2v) is 7.70. The van der Waals surface area contributed by atoms with E-state index in [1.165, 1.54) is 26.2 Å². The number of aromatic hydroxyl groups is 1. The molecule has 1 aromatic heterocycles. The summed E-state index contributed by atoms with van der Waals surface area (Å²) in [5.74, 6) is -1.81. The van der Waals surface area contributed by atoms with Gasteiger partial charge in [0.2, 0.25) is 17.6 Å². The lowest BCUT2D eigenvalue weighted by molar-refractivity contribution is -0.153. The molecule has 0 unspecified atom stereocenters. The van der Waals surface area contributed by atoms with Crippen LogP contribution in [0, 0.1) is 5.92 Å². The number of hydrogen-bond donors (Lipinski definition) is 1. The number of amides is 1. The Morgan fingerprint density at radius 1 is 1.12 bits per heavy atom. The zero-order chi connectivity index (χ0) is 24.4. The molecule has 0 spiro atoms. The smallest absolute Gasteiger partial charge is 0.321 e. The van der Waals surface area contributed by atoms with E-state index < -0.39 is 23.8 Å². The molecule has 2 aromatic carbocycles. The Morgan fingerprint density at radius 2 is 1.79 bits per heavy atom. The van der Waals surface area contributed by atoms with Gasteiger partial charge in [-0.25, -0.2) is 4.98 Å². The number of para-hydroxylation sites is 2. The summed E-state index contributed by atoms with van der Waals surface area (Å²) in [6, 6.07) is 9.79. The third-order valence-electron chi connectivity index (χ3n) is 5.85. The SMILES string of the molecule is CCOC(=O)[C@@H]1C(=O)N(CCOC)c2nc3ccccc3n2[C@@H]1c1cc(OC)c(O)c(OC)c1. The molecule has 1 aliphatic heterocycles. The number of aromatic nitrogens is 2. The number of carbonyl (C=O) groups is 2. The number of esters is 1. The van der Waals surface area contributed by atoms with Crippen LogP contribution in [0.1, 0.15) is 18.5 Å². The maximum absolute atomic E-state index is 13.8. The molecule has 1 aliphatic rings. The number of hydrogen-bond acceptors (Lipinski definition) is 8. The van der Waals surface area contributed by atoms with Crippen LogP contribution in [0.5, 0.6) is 17.2 Å². The van der Waals surface area contributed by atoms with Gasteiger partial charge in [-0.05, 0) is 36.8 Å². The fourth-order valence-electron chi connectivity index (χ4n) is 4.33. The van der Waals surface area contributed by atoms with Crippen LogP contribution >= 0.6 is 0 Å². The summed E-state index contributed by atoms with van der Waals surface area (Å²) < 4.78 is 23.1. The number of ether oxygens (including phenoxy) is 4. The average Bonchev–Trinajstić information content (AvgIpc) is 3.22. The molecule has 0 radical (unpaired) electrons. The molecule has 2 atom stereocenters. The van der Waals surface area contributed by atoms with Crippen LogP contribution < -0.4 is 14.4 Å². The lowest BCUT2D eigenvalue weighted by Crippen LogP contribution is -2.51. The van der Waals surface area contributed by atoms with Crippen molar-refractivity contribution in [1.82, 2.24) is 9.55 Å². The summed E-state index contributed by atoms with van der Waals surface area (Å²) >= 11 is 0. The van der Waals surface area contributed by atoms with Gasteiger partial charge in [-0.3, -0.25) is 14.5 Å². The molecule has 0 saturated heterocycles. The van der Waals surface area contributed by atoms with Gasteiger partial charge >= 0.3 is 5.97 Å². The Morgan fingerprint density at radius 3 is 2.41 bits per heavy atom. The molecule has 10 heteroatoms. The number of nitrogens with zero attached hydrogens (tertiary/aromatic N) is 3. The molecule has 34 heavy (non-hydrogen) atoms. The maximum Gasteiger partial charge on any atom is 0.321 e. The molecule has 1 N–H and O–H groups in total. The number of methoxy groups -OCH3 is 3. The van der Waals surface area contributed by atoms with E-state index in [2.05, 4.69) is 0 Å². The second-order valence-electron chi connectivity index (χ2n) is 7.70. The minimum absolute atomic E-state index is 0.118. The normalized spacial score (nSPS) is 17.5. The summed E-state index contributed by atoms with van der Waals surface area (Å²) in [5.41, 5.74) is 1.92. The molecule has 0 saturated carbocycles. The van der Waals surface area contributed by atoms with Crippen LogP contribution in [-0.4, -0.2) is 67.6 Å². The zero-order valence-corrected chi connectivity index (χ0v) is 19.5. The Kier molecular flexibility index (Phi) is 6.60. The molecule has 0 bridgehead atoms. The van der Waals surface area contributed by atoms with Gasteiger partial charge in [0, 0.05) is 7.11 Å². The Bertz CT molecular complexity index is 1200. The Labute approximate surface area is 196 Å². The molecule has 4 rings (SSSR count). The number of imidazole rings is 1. The van der Waals surface area contributed by atoms with Crippen molar-refractivity contribution in [2.45, 2.75) is 13.0 Å². The third-order valence-corrected chi connectivity index (χ3v) is 5.85. The van der Waals surface area contributed by atoms with E-state index in [0.29, 0.717) is 17.0 Å². The topological polar surface area (TPSA) is 112 Å². The first-order chi connectivity index (χ1) is 16.5. The van der Waals surface area contributed by atoms with Crippen molar-refractivity contribution >= 4 is 28.9 Å². The number of phenolic OH excluding ortho intramolecular Hbond substituents is 1. The van der Waals surface area contributed by atoms with E-state index in [-0.39, 0.29) is 37.0 Å². The van der Waals surface area contributed by atoms with Gasteiger partial charge < -0.3 is 28.6 Å². The van der Waals surface area contributed by atoms with E-state index in [1.807, 2.05) is 28.8 Å². The molecular weight excluding hydrogens is 442 g/mol. The first-order valence-electron chi connectivity index (χ1n) is 10.9. The van der Waals surface area contributed by atoms with Gasteiger partial charge in [0.05, 0.1) is 51.1 Å². The predicted molar refractivity (Wildman–Crippen MR) is 123 cm³/mol. The summed E-state index contributed by atoms with van der Waals surface area (Å²) in [6.07, 6.45) is 0. The standard InChI is InChI=1S/C24H27N3O7/c1-5-34-23(30)19-20(14-12-17(32-3)21(28)18(13-14)33-4)27-16-9-7-6-8-15(16)25-24(27)26(22(19)29)10-11-31-2/h6-9,12-13,19-20,28H,5,10-11H2,1-4H3/t19-,20+/m0/s1. The molecule has 2 heterocycles. The highest BCUT2D eigenvalue weighted by atomic mass is 16.5. The van der Waals surface area contributed by atoms with Gasteiger partial charge in [-0.2, -0.15) is 0 Å². The second kappa shape index (κ2) is 9.60. The molecule has 0 aliphatic carbocycles. The fourth-order valence-corrected chi connectivity index (χ4v) is 4.33. The van der Waals surface area contributed by atoms with Crippen molar-refractivity contribution in [2.75, 3.05) is 46.0 Å². The highest BCUT2D eigenvalue weighted by molar-refractivity contribution is 6.08. The third kappa shape index (κ3) is 3.79. The lowest BCUT2D eigenvalue weighted by atomic mass is 9.89. The molecule has 180 valence electrons. The number of carbonyl (C=O) groups excluding carboxylic acids is 2. The van der Waals surface area contributed by atoms with E-state index in [0.717, 1.165) is 5.52 Å². The van der Waals surface area contributed by atoms with Gasteiger partial charge in [0.15, 0.2) is 17.4 Å². The summed E-state index contributed by atoms with van der Waals surface area (Å²) in [6.45, 7) is 2.28. The van der Waals surface area contributed by atoms with Crippen molar-refractivity contribution in [3.8, 4) is 17.2 Å². The van der Waals surface area contributed by atoms with E-state index in [1.54, 1.807) is 19.1 Å². The summed E-state index contributed by atoms with van der Waals surface area (Å²) in [7, 11) is 4.37. The lowest BCUT2D eigenvalue weighted by Gasteiger charge is -2.38. The van der Waals surface area contributed by atoms with E-state index in [4.69, 9.17) is 23.9 Å². The van der Waals surface area contributed by atoms with Crippen LogP contribution in [0.25, 0.3) is 11.0 Å². The van der Waals surface area contributed by atoms with Crippen molar-refractivity contribution in [3.05, 3.63) is 42.0 Å². The van der Waals surface area contributed by atoms with Crippen LogP contribution in [0.15, 0.2) is 36.4 Å². The molecule has 10 nitrogen and oxygen atoms in total. The number of phenols is 1. The van der Waals surface area contributed by atoms with Crippen molar-refractivity contribution in [2.24, 2.45) is 5.92 Å². The number of fused-ring (bicyclic) bond motifs is 3. The minimum Gasteiger partial charge on any atom is -0.502 e. The molecule has 3 aromatic rings. The van der Waals surface area contributed by atoms with Crippen LogP contribution in [-0.2, 0) is 19.1 Å². The largest absolute Gasteiger partial charge is 0.502 e. The Hall–Kier alpha value is -3.79. The fraction of sp³-hybridized carbons (Fsp3) is 0.375. The predicted octanol–water partition coefficient (Wildman–Crippen LogP) is 2.52. The van der Waals surface area contributed by atoms with Crippen molar-refractivity contribution in [1.29, 1.82) is 0 Å². The van der Waals surface area contributed by atoms with E-state index >= 15 is 0 Å². The van der Waals surface area contributed by atoms with Gasteiger partial charge in [0.25, 0.3) is 0 Å². The summed E-state index contributed by atoms with van der Waals surface area (Å²) in [5, 5.41) is 10.4. The van der Waals surface area contributed by atoms with Gasteiger partial charge in [0.1, 0.15) is 0 Å². The monoisotopic (exact) mass is 469 g/mol. The van der Waals surface area contributed by atoms with E-state index in [9.17, 15) is 14.7 Å². The van der Waals surface area contributed by atoms with Crippen LogP contribution in [0.3, 0.4) is 0 Å². The molecular formula is C24H27N3O7. The van der Waals surface area contributed by atoms with Crippen LogP contribution in [0.4, 0.5) is 5.95 Å². The number of rotatable bonds is 8. The maximum atomic E-state index is 13.8. The summed E-state index contributed by atoms with van der Waals surface area (Å²) in [4.78, 5) is 33.1. The van der Waals surface area contributed by atoms with Gasteiger partial charge in [-0.15, -0.1) is 0 Å².